The summed E-state index contributed by atoms with van der Waals surface area (Å²) in [6.07, 6.45) is 5.42. The Morgan fingerprint density at radius 1 is 0.953 bits per heavy atom. The minimum absolute atomic E-state index is 0.0926. The minimum Gasteiger partial charge on any atom is -0.342 e. The zero-order valence-electron chi connectivity index (χ0n) is 27.8. The molecule has 1 aromatic carbocycles. The molecule has 2 rings (SSSR count). The molecular formula is C33H54N4O5S. The van der Waals surface area contributed by atoms with Crippen LogP contribution in [-0.2, 0) is 29.8 Å². The summed E-state index contributed by atoms with van der Waals surface area (Å²) in [6, 6.07) is 7.78. The third kappa shape index (κ3) is 9.38. The van der Waals surface area contributed by atoms with Gasteiger partial charge in [0, 0.05) is 18.0 Å². The second-order valence-electron chi connectivity index (χ2n) is 13.9. The molecule has 3 amide bonds. The molecule has 1 fully saturated rings. The summed E-state index contributed by atoms with van der Waals surface area (Å²) in [4.78, 5) is 42.3. The number of benzene rings is 1. The molecule has 1 aliphatic carbocycles. The zero-order valence-corrected chi connectivity index (χ0v) is 28.6. The fourth-order valence-corrected chi connectivity index (χ4v) is 7.37. The van der Waals surface area contributed by atoms with Crippen LogP contribution in [0.2, 0.25) is 0 Å². The van der Waals surface area contributed by atoms with Crippen molar-refractivity contribution in [1.29, 1.82) is 0 Å². The van der Waals surface area contributed by atoms with Crippen LogP contribution in [0.4, 0.5) is 0 Å². The first kappa shape index (κ1) is 36.5. The van der Waals surface area contributed by atoms with Gasteiger partial charge in [-0.15, -0.1) is 0 Å². The highest BCUT2D eigenvalue weighted by atomic mass is 32.2. The van der Waals surface area contributed by atoms with E-state index in [2.05, 4.69) is 15.4 Å². The van der Waals surface area contributed by atoms with Crippen LogP contribution in [0.25, 0.3) is 0 Å². The van der Waals surface area contributed by atoms with Crippen molar-refractivity contribution in [3.05, 3.63) is 47.5 Å². The molecule has 43 heavy (non-hydrogen) atoms. The Labute approximate surface area is 259 Å². The molecule has 1 aliphatic rings. The van der Waals surface area contributed by atoms with Gasteiger partial charge in [0.25, 0.3) is 5.91 Å². The standard InChI is InChI=1S/C33H54N4O5S/c1-22(2)26(21-23(3)29(38)36-43(41,42)25-19-15-12-16-20-25)37(10)31(40)28(32(4,5)6)35-30(39)27(34-9)33(7,8)24-17-13-11-14-18-24/h11,13-14,17-18,21-22,25-28,34H,12,15-16,19-20H2,1-10H3,(H,35,39)(H,36,38)/t26-,27-,28-/m1/s1. The Hall–Kier alpha value is -2.72. The number of nitrogens with one attached hydrogen (secondary N) is 3. The van der Waals surface area contributed by atoms with Crippen LogP contribution in [0.1, 0.15) is 93.1 Å². The first-order chi connectivity index (χ1) is 19.8. The van der Waals surface area contributed by atoms with E-state index in [1.807, 2.05) is 78.8 Å². The topological polar surface area (TPSA) is 125 Å². The van der Waals surface area contributed by atoms with Crippen LogP contribution in [-0.4, -0.2) is 68.5 Å². The molecule has 10 heteroatoms. The lowest BCUT2D eigenvalue weighted by atomic mass is 9.76. The number of nitrogens with zero attached hydrogens (tertiary/aromatic N) is 1. The van der Waals surface area contributed by atoms with Crippen molar-refractivity contribution in [2.75, 3.05) is 14.1 Å². The highest BCUT2D eigenvalue weighted by Crippen LogP contribution is 2.29. The van der Waals surface area contributed by atoms with Gasteiger partial charge in [0.05, 0.1) is 17.3 Å². The molecule has 0 heterocycles. The quantitative estimate of drug-likeness (QED) is 0.300. The fourth-order valence-electron chi connectivity index (χ4n) is 5.83. The molecule has 9 nitrogen and oxygen atoms in total. The second kappa shape index (κ2) is 14.8. The second-order valence-corrected chi connectivity index (χ2v) is 15.8. The summed E-state index contributed by atoms with van der Waals surface area (Å²) in [5.41, 5.74) is 0.0175. The van der Waals surface area contributed by atoms with Crippen LogP contribution in [0, 0.1) is 11.3 Å². The van der Waals surface area contributed by atoms with E-state index in [0.29, 0.717) is 12.8 Å². The maximum absolute atomic E-state index is 14.1. The summed E-state index contributed by atoms with van der Waals surface area (Å²) in [5, 5.41) is 5.61. The van der Waals surface area contributed by atoms with Gasteiger partial charge < -0.3 is 15.5 Å². The number of sulfonamides is 1. The maximum atomic E-state index is 14.1. The molecular weight excluding hydrogens is 564 g/mol. The summed E-state index contributed by atoms with van der Waals surface area (Å²) in [7, 11) is -0.396. The lowest BCUT2D eigenvalue weighted by molar-refractivity contribution is -0.140. The van der Waals surface area contributed by atoms with Gasteiger partial charge in [-0.1, -0.05) is 104 Å². The van der Waals surface area contributed by atoms with Gasteiger partial charge in [-0.2, -0.15) is 0 Å². The van der Waals surface area contributed by atoms with Gasteiger partial charge in [0.2, 0.25) is 21.8 Å². The molecule has 0 saturated heterocycles. The molecule has 0 unspecified atom stereocenters. The van der Waals surface area contributed by atoms with E-state index in [1.54, 1.807) is 32.0 Å². The Kier molecular flexibility index (Phi) is 12.6. The van der Waals surface area contributed by atoms with Crippen molar-refractivity contribution in [3.8, 4) is 0 Å². The molecule has 242 valence electrons. The fraction of sp³-hybridized carbons (Fsp3) is 0.667. The van der Waals surface area contributed by atoms with E-state index in [4.69, 9.17) is 0 Å². The van der Waals surface area contributed by atoms with Gasteiger partial charge in [0.15, 0.2) is 0 Å². The van der Waals surface area contributed by atoms with Gasteiger partial charge in [-0.05, 0) is 43.7 Å². The van der Waals surface area contributed by atoms with Crippen LogP contribution in [0.3, 0.4) is 0 Å². The predicted octanol–water partition coefficient (Wildman–Crippen LogP) is 4.29. The third-order valence-electron chi connectivity index (χ3n) is 8.67. The van der Waals surface area contributed by atoms with Crippen molar-refractivity contribution in [2.24, 2.45) is 11.3 Å². The number of carbonyl (C=O) groups is 3. The predicted molar refractivity (Wildman–Crippen MR) is 173 cm³/mol. The number of amides is 3. The number of hydrogen-bond acceptors (Lipinski definition) is 6. The summed E-state index contributed by atoms with van der Waals surface area (Å²) in [6.45, 7) is 15.1. The van der Waals surface area contributed by atoms with Crippen molar-refractivity contribution in [3.63, 3.8) is 0 Å². The maximum Gasteiger partial charge on any atom is 0.260 e. The largest absolute Gasteiger partial charge is 0.342 e. The Bertz CT molecular complexity index is 1250. The highest BCUT2D eigenvalue weighted by molar-refractivity contribution is 7.90. The van der Waals surface area contributed by atoms with Crippen LogP contribution >= 0.6 is 0 Å². The lowest BCUT2D eigenvalue weighted by Gasteiger charge is -2.40. The van der Waals surface area contributed by atoms with Crippen molar-refractivity contribution >= 4 is 27.7 Å². The average Bonchev–Trinajstić information content (AvgIpc) is 2.93. The highest BCUT2D eigenvalue weighted by Gasteiger charge is 2.41. The van der Waals surface area contributed by atoms with E-state index in [9.17, 15) is 22.8 Å². The molecule has 3 atom stereocenters. The Morgan fingerprint density at radius 2 is 1.51 bits per heavy atom. The van der Waals surface area contributed by atoms with E-state index in [0.717, 1.165) is 24.8 Å². The Morgan fingerprint density at radius 3 is 2.00 bits per heavy atom. The molecule has 0 aliphatic heterocycles. The molecule has 0 aromatic heterocycles. The van der Waals surface area contributed by atoms with E-state index in [-0.39, 0.29) is 23.3 Å². The van der Waals surface area contributed by atoms with E-state index < -0.39 is 50.1 Å². The van der Waals surface area contributed by atoms with Crippen LogP contribution in [0.15, 0.2) is 42.0 Å². The summed E-state index contributed by atoms with van der Waals surface area (Å²) in [5.74, 6) is -1.37. The average molecular weight is 619 g/mol. The van der Waals surface area contributed by atoms with Gasteiger partial charge in [-0.3, -0.25) is 14.4 Å². The number of rotatable bonds is 12. The van der Waals surface area contributed by atoms with Crippen molar-refractivity contribution in [1.82, 2.24) is 20.3 Å². The monoisotopic (exact) mass is 618 g/mol. The van der Waals surface area contributed by atoms with Gasteiger partial charge in [0.1, 0.15) is 6.04 Å². The number of carbonyl (C=O) groups excluding carboxylic acids is 3. The molecule has 0 bridgehead atoms. The molecule has 3 N–H and O–H groups in total. The smallest absolute Gasteiger partial charge is 0.260 e. The first-order valence-electron chi connectivity index (χ1n) is 15.4. The third-order valence-corrected chi connectivity index (χ3v) is 10.5. The minimum atomic E-state index is -3.78. The van der Waals surface area contributed by atoms with Crippen LogP contribution in [0.5, 0.6) is 0 Å². The molecule has 0 radical (unpaired) electrons. The normalized spacial score (nSPS) is 17.6. The molecule has 1 saturated carbocycles. The van der Waals surface area contributed by atoms with Crippen molar-refractivity contribution in [2.45, 2.75) is 116 Å². The first-order valence-corrected chi connectivity index (χ1v) is 16.9. The SMILES string of the molecule is CN[C@H](C(=O)N[C@H](C(=O)N(C)[C@H](C=C(C)C(=O)NS(=O)(=O)C1CCCCC1)C(C)C)C(C)(C)C)C(C)(C)c1ccccc1. The number of likely N-dealkylation sites (N-methyl/N-ethyl adjacent to an activating group) is 2. The Balaban J connectivity index is 2.29. The van der Waals surface area contributed by atoms with Crippen molar-refractivity contribution < 1.29 is 22.8 Å². The van der Waals surface area contributed by atoms with Gasteiger partial charge >= 0.3 is 0 Å². The zero-order chi connectivity index (χ0) is 32.8. The van der Waals surface area contributed by atoms with E-state index in [1.165, 1.54) is 0 Å². The molecule has 1 aromatic rings. The number of hydrogen-bond donors (Lipinski definition) is 3. The summed E-state index contributed by atoms with van der Waals surface area (Å²) < 4.78 is 27.9. The summed E-state index contributed by atoms with van der Waals surface area (Å²) >= 11 is 0. The van der Waals surface area contributed by atoms with Crippen LogP contribution < -0.4 is 15.4 Å². The van der Waals surface area contributed by atoms with E-state index >= 15 is 0 Å². The van der Waals surface area contributed by atoms with Gasteiger partial charge in [-0.25, -0.2) is 13.1 Å². The lowest BCUT2D eigenvalue weighted by Crippen LogP contribution is -2.61. The molecule has 0 spiro atoms.